The van der Waals surface area contributed by atoms with Gasteiger partial charge >= 0.3 is 5.97 Å². The van der Waals surface area contributed by atoms with Crippen molar-refractivity contribution in [3.63, 3.8) is 0 Å². The lowest BCUT2D eigenvalue weighted by atomic mass is 10.1. The number of nitrogens with zero attached hydrogens (tertiary/aromatic N) is 1. The first kappa shape index (κ1) is 15.3. The van der Waals surface area contributed by atoms with Gasteiger partial charge in [0.2, 0.25) is 0 Å². The Morgan fingerprint density at radius 3 is 3.17 bits per heavy atom. The molecule has 3 rings (SSSR count). The molecular weight excluding hydrogens is 292 g/mol. The zero-order chi connectivity index (χ0) is 16.1. The van der Waals surface area contributed by atoms with Crippen LogP contribution in [0.5, 0.6) is 5.75 Å². The third-order valence-electron chi connectivity index (χ3n) is 3.76. The van der Waals surface area contributed by atoms with E-state index in [-0.39, 0.29) is 5.97 Å². The molecule has 1 aliphatic rings. The van der Waals surface area contributed by atoms with Gasteiger partial charge in [-0.15, -0.1) is 0 Å². The zero-order valence-electron chi connectivity index (χ0n) is 13.2. The Kier molecular flexibility index (Phi) is 4.76. The number of carbonyl (C=O) groups excluding carboxylic acids is 1. The fraction of sp³-hybridized carbons (Fsp3) is 0.333. The molecule has 1 aromatic heterocycles. The summed E-state index contributed by atoms with van der Waals surface area (Å²) in [4.78, 5) is 16.1. The molecule has 0 saturated carbocycles. The molecule has 1 N–H and O–H groups in total. The van der Waals surface area contributed by atoms with Crippen LogP contribution in [0.4, 0.5) is 5.82 Å². The Morgan fingerprint density at radius 2 is 2.30 bits per heavy atom. The quantitative estimate of drug-likeness (QED) is 0.831. The van der Waals surface area contributed by atoms with Crippen molar-refractivity contribution in [2.24, 2.45) is 0 Å². The Balaban J connectivity index is 1.62. The second kappa shape index (κ2) is 7.13. The van der Waals surface area contributed by atoms with Gasteiger partial charge in [0, 0.05) is 19.2 Å². The summed E-state index contributed by atoms with van der Waals surface area (Å²) in [7, 11) is 0. The summed E-state index contributed by atoms with van der Waals surface area (Å²) in [5, 5.41) is 3.23. The summed E-state index contributed by atoms with van der Waals surface area (Å²) in [6, 6.07) is 9.76. The monoisotopic (exact) mass is 312 g/mol. The summed E-state index contributed by atoms with van der Waals surface area (Å²) in [5.41, 5.74) is 2.99. The highest BCUT2D eigenvalue weighted by Gasteiger charge is 2.14. The lowest BCUT2D eigenvalue weighted by molar-refractivity contribution is 0.0527. The number of fused-ring (bicyclic) bond motifs is 1. The largest absolute Gasteiger partial charge is 0.493 e. The standard InChI is InChI=1S/C18H20N2O3/c1-2-22-18(21)15-4-3-9-19-17(15)20-10-7-13-5-6-16-14(12-13)8-11-23-16/h3-6,9,12H,2,7-8,10-11H2,1H3,(H,19,20). The van der Waals surface area contributed by atoms with Gasteiger partial charge in [-0.3, -0.25) is 0 Å². The number of rotatable bonds is 6. The normalized spacial score (nSPS) is 12.4. The second-order valence-corrected chi connectivity index (χ2v) is 5.34. The number of ether oxygens (including phenoxy) is 2. The SMILES string of the molecule is CCOC(=O)c1cccnc1NCCc1ccc2c(c1)CCO2. The number of nitrogens with one attached hydrogen (secondary N) is 1. The molecule has 1 aromatic carbocycles. The van der Waals surface area contributed by atoms with E-state index in [9.17, 15) is 4.79 Å². The van der Waals surface area contributed by atoms with Crippen LogP contribution >= 0.6 is 0 Å². The number of benzene rings is 1. The molecule has 0 saturated heterocycles. The molecule has 0 radical (unpaired) electrons. The molecule has 0 unspecified atom stereocenters. The first-order chi connectivity index (χ1) is 11.3. The zero-order valence-corrected chi connectivity index (χ0v) is 13.2. The van der Waals surface area contributed by atoms with E-state index in [1.807, 2.05) is 6.07 Å². The lowest BCUT2D eigenvalue weighted by Crippen LogP contribution is -2.13. The maximum absolute atomic E-state index is 11.9. The average molecular weight is 312 g/mol. The summed E-state index contributed by atoms with van der Waals surface area (Å²) < 4.78 is 10.6. The van der Waals surface area contributed by atoms with Crippen LogP contribution in [0.15, 0.2) is 36.5 Å². The van der Waals surface area contributed by atoms with Gasteiger partial charge in [0.15, 0.2) is 0 Å². The first-order valence-corrected chi connectivity index (χ1v) is 7.88. The van der Waals surface area contributed by atoms with Gasteiger partial charge in [0.25, 0.3) is 0 Å². The van der Waals surface area contributed by atoms with E-state index < -0.39 is 0 Å². The highest BCUT2D eigenvalue weighted by molar-refractivity contribution is 5.94. The van der Waals surface area contributed by atoms with E-state index in [0.29, 0.717) is 24.5 Å². The summed E-state index contributed by atoms with van der Waals surface area (Å²) >= 11 is 0. The smallest absolute Gasteiger partial charge is 0.341 e. The Labute approximate surface area is 135 Å². The van der Waals surface area contributed by atoms with E-state index >= 15 is 0 Å². The molecule has 5 nitrogen and oxygen atoms in total. The second-order valence-electron chi connectivity index (χ2n) is 5.34. The summed E-state index contributed by atoms with van der Waals surface area (Å²) in [5.74, 6) is 1.21. The minimum atomic E-state index is -0.349. The molecule has 0 aliphatic carbocycles. The van der Waals surface area contributed by atoms with Crippen LogP contribution < -0.4 is 10.1 Å². The number of esters is 1. The Morgan fingerprint density at radius 1 is 1.39 bits per heavy atom. The molecule has 0 spiro atoms. The first-order valence-electron chi connectivity index (χ1n) is 7.88. The van der Waals surface area contributed by atoms with Crippen LogP contribution in [0.3, 0.4) is 0 Å². The van der Waals surface area contributed by atoms with Crippen molar-refractivity contribution in [3.05, 3.63) is 53.2 Å². The molecule has 23 heavy (non-hydrogen) atoms. The van der Waals surface area contributed by atoms with Crippen molar-refractivity contribution in [2.75, 3.05) is 25.1 Å². The van der Waals surface area contributed by atoms with Crippen LogP contribution in [0, 0.1) is 0 Å². The van der Waals surface area contributed by atoms with Crippen molar-refractivity contribution in [2.45, 2.75) is 19.8 Å². The van der Waals surface area contributed by atoms with Crippen LogP contribution in [0.2, 0.25) is 0 Å². The van der Waals surface area contributed by atoms with Crippen LogP contribution in [0.1, 0.15) is 28.4 Å². The van der Waals surface area contributed by atoms with E-state index in [1.54, 1.807) is 25.3 Å². The lowest BCUT2D eigenvalue weighted by Gasteiger charge is -2.10. The van der Waals surface area contributed by atoms with Crippen LogP contribution in [0.25, 0.3) is 0 Å². The molecule has 2 aromatic rings. The van der Waals surface area contributed by atoms with E-state index in [4.69, 9.17) is 9.47 Å². The van der Waals surface area contributed by atoms with E-state index in [0.717, 1.165) is 25.2 Å². The van der Waals surface area contributed by atoms with Gasteiger partial charge in [0.05, 0.1) is 13.2 Å². The highest BCUT2D eigenvalue weighted by Crippen LogP contribution is 2.26. The summed E-state index contributed by atoms with van der Waals surface area (Å²) in [6.07, 6.45) is 3.49. The van der Waals surface area contributed by atoms with E-state index in [2.05, 4.69) is 22.4 Å². The van der Waals surface area contributed by atoms with Crippen LogP contribution in [-0.4, -0.2) is 30.7 Å². The predicted molar refractivity (Wildman–Crippen MR) is 88.0 cm³/mol. The van der Waals surface area contributed by atoms with Gasteiger partial charge in [-0.1, -0.05) is 12.1 Å². The molecule has 0 amide bonds. The van der Waals surface area contributed by atoms with Crippen molar-refractivity contribution in [3.8, 4) is 5.75 Å². The van der Waals surface area contributed by atoms with Gasteiger partial charge in [-0.25, -0.2) is 9.78 Å². The molecule has 120 valence electrons. The number of hydrogen-bond donors (Lipinski definition) is 1. The van der Waals surface area contributed by atoms with Crippen molar-refractivity contribution in [1.82, 2.24) is 4.98 Å². The molecular formula is C18H20N2O3. The number of pyridine rings is 1. The molecule has 5 heteroatoms. The number of hydrogen-bond acceptors (Lipinski definition) is 5. The maximum atomic E-state index is 11.9. The molecule has 0 fully saturated rings. The van der Waals surface area contributed by atoms with Crippen molar-refractivity contribution >= 4 is 11.8 Å². The minimum Gasteiger partial charge on any atom is -0.493 e. The molecule has 2 heterocycles. The number of carbonyl (C=O) groups is 1. The predicted octanol–water partition coefficient (Wildman–Crippen LogP) is 2.85. The van der Waals surface area contributed by atoms with Crippen LogP contribution in [-0.2, 0) is 17.6 Å². The van der Waals surface area contributed by atoms with Gasteiger partial charge in [-0.2, -0.15) is 0 Å². The average Bonchev–Trinajstić information content (AvgIpc) is 3.03. The molecule has 0 atom stereocenters. The van der Waals surface area contributed by atoms with E-state index in [1.165, 1.54) is 11.1 Å². The Hall–Kier alpha value is -2.56. The maximum Gasteiger partial charge on any atom is 0.341 e. The third kappa shape index (κ3) is 3.62. The molecule has 1 aliphatic heterocycles. The number of aromatic nitrogens is 1. The van der Waals surface area contributed by atoms with Gasteiger partial charge in [0.1, 0.15) is 17.1 Å². The molecule has 0 bridgehead atoms. The van der Waals surface area contributed by atoms with Gasteiger partial charge < -0.3 is 14.8 Å². The third-order valence-corrected chi connectivity index (χ3v) is 3.76. The van der Waals surface area contributed by atoms with Crippen molar-refractivity contribution in [1.29, 1.82) is 0 Å². The highest BCUT2D eigenvalue weighted by atomic mass is 16.5. The summed E-state index contributed by atoms with van der Waals surface area (Å²) in [6.45, 7) is 3.61. The topological polar surface area (TPSA) is 60.5 Å². The fourth-order valence-electron chi connectivity index (χ4n) is 2.64. The van der Waals surface area contributed by atoms with Crippen molar-refractivity contribution < 1.29 is 14.3 Å². The number of anilines is 1. The minimum absolute atomic E-state index is 0.349. The Bertz CT molecular complexity index is 700. The fourth-order valence-corrected chi connectivity index (χ4v) is 2.64. The van der Waals surface area contributed by atoms with Gasteiger partial charge in [-0.05, 0) is 42.7 Å².